The van der Waals surface area contributed by atoms with E-state index in [0.29, 0.717) is 11.5 Å². The number of imide groups is 1. The van der Waals surface area contributed by atoms with Crippen molar-refractivity contribution in [3.8, 4) is 0 Å². The van der Waals surface area contributed by atoms with E-state index in [0.717, 1.165) is 11.5 Å². The maximum atomic E-state index is 11.7. The van der Waals surface area contributed by atoms with Gasteiger partial charge in [-0.1, -0.05) is 6.92 Å². The standard InChI is InChI=1S/C10H13NO2S/c1-6-3-9(12)11(10(6)13)8-5-14-4-7(8)2/h3,7-8H,4-5H2,1-2H3. The van der Waals surface area contributed by atoms with E-state index in [4.69, 9.17) is 0 Å². The molecule has 2 heterocycles. The highest BCUT2D eigenvalue weighted by atomic mass is 32.2. The lowest BCUT2D eigenvalue weighted by Crippen LogP contribution is -2.43. The monoisotopic (exact) mass is 211 g/mol. The lowest BCUT2D eigenvalue weighted by molar-refractivity contribution is -0.140. The van der Waals surface area contributed by atoms with Crippen LogP contribution in [-0.4, -0.2) is 34.3 Å². The van der Waals surface area contributed by atoms with Crippen molar-refractivity contribution in [2.75, 3.05) is 11.5 Å². The fourth-order valence-corrected chi connectivity index (χ4v) is 3.35. The molecule has 0 bridgehead atoms. The topological polar surface area (TPSA) is 37.4 Å². The lowest BCUT2D eigenvalue weighted by Gasteiger charge is -2.25. The van der Waals surface area contributed by atoms with Crippen molar-refractivity contribution in [1.82, 2.24) is 4.90 Å². The summed E-state index contributed by atoms with van der Waals surface area (Å²) in [5.41, 5.74) is 0.569. The zero-order valence-electron chi connectivity index (χ0n) is 8.32. The minimum Gasteiger partial charge on any atom is -0.271 e. The summed E-state index contributed by atoms with van der Waals surface area (Å²) in [6, 6.07) is 0.105. The van der Waals surface area contributed by atoms with E-state index >= 15 is 0 Å². The van der Waals surface area contributed by atoms with Crippen molar-refractivity contribution in [2.45, 2.75) is 19.9 Å². The maximum Gasteiger partial charge on any atom is 0.256 e. The van der Waals surface area contributed by atoms with E-state index in [1.165, 1.54) is 11.0 Å². The van der Waals surface area contributed by atoms with Crippen LogP contribution < -0.4 is 0 Å². The molecule has 1 fully saturated rings. The van der Waals surface area contributed by atoms with Gasteiger partial charge >= 0.3 is 0 Å². The van der Waals surface area contributed by atoms with Gasteiger partial charge in [0.15, 0.2) is 0 Å². The second kappa shape index (κ2) is 3.42. The molecule has 2 rings (SSSR count). The fourth-order valence-electron chi connectivity index (χ4n) is 1.90. The summed E-state index contributed by atoms with van der Waals surface area (Å²) in [6.45, 7) is 3.80. The van der Waals surface area contributed by atoms with Gasteiger partial charge in [0.2, 0.25) is 0 Å². The van der Waals surface area contributed by atoms with Crippen molar-refractivity contribution < 1.29 is 9.59 Å². The molecule has 1 saturated heterocycles. The van der Waals surface area contributed by atoms with Crippen LogP contribution >= 0.6 is 11.8 Å². The van der Waals surface area contributed by atoms with Gasteiger partial charge < -0.3 is 0 Å². The van der Waals surface area contributed by atoms with Gasteiger partial charge in [-0.15, -0.1) is 0 Å². The molecule has 76 valence electrons. The molecule has 14 heavy (non-hydrogen) atoms. The summed E-state index contributed by atoms with van der Waals surface area (Å²) in [6.07, 6.45) is 1.44. The number of amides is 2. The number of hydrogen-bond donors (Lipinski definition) is 0. The van der Waals surface area contributed by atoms with Crippen LogP contribution in [0.25, 0.3) is 0 Å². The first kappa shape index (κ1) is 9.77. The maximum absolute atomic E-state index is 11.7. The quantitative estimate of drug-likeness (QED) is 0.608. The SMILES string of the molecule is CC1=CC(=O)N(C2CSCC2C)C1=O. The normalized spacial score (nSPS) is 32.7. The molecule has 0 spiro atoms. The zero-order chi connectivity index (χ0) is 10.3. The Balaban J connectivity index is 2.20. The Morgan fingerprint density at radius 3 is 2.57 bits per heavy atom. The lowest BCUT2D eigenvalue weighted by atomic mass is 10.1. The highest BCUT2D eigenvalue weighted by Crippen LogP contribution is 2.30. The van der Waals surface area contributed by atoms with Crippen LogP contribution in [0.5, 0.6) is 0 Å². The minimum absolute atomic E-state index is 0.102. The first-order chi connectivity index (χ1) is 6.61. The van der Waals surface area contributed by atoms with Gasteiger partial charge in [-0.05, 0) is 18.6 Å². The Kier molecular flexibility index (Phi) is 2.39. The van der Waals surface area contributed by atoms with E-state index in [9.17, 15) is 9.59 Å². The van der Waals surface area contributed by atoms with E-state index in [1.54, 1.807) is 6.92 Å². The van der Waals surface area contributed by atoms with E-state index in [1.807, 2.05) is 11.8 Å². The number of carbonyl (C=O) groups excluding carboxylic acids is 2. The molecular formula is C10H13NO2S. The molecular weight excluding hydrogens is 198 g/mol. The van der Waals surface area contributed by atoms with Gasteiger partial charge in [0.05, 0.1) is 6.04 Å². The predicted octanol–water partition coefficient (Wildman–Crippen LogP) is 1.05. The Labute approximate surface area is 87.5 Å². The smallest absolute Gasteiger partial charge is 0.256 e. The van der Waals surface area contributed by atoms with E-state index in [-0.39, 0.29) is 17.9 Å². The summed E-state index contributed by atoms with van der Waals surface area (Å²) < 4.78 is 0. The van der Waals surface area contributed by atoms with Crippen molar-refractivity contribution in [1.29, 1.82) is 0 Å². The largest absolute Gasteiger partial charge is 0.271 e. The molecule has 0 aromatic rings. The molecule has 3 nitrogen and oxygen atoms in total. The van der Waals surface area contributed by atoms with Crippen LogP contribution in [0.15, 0.2) is 11.6 Å². The van der Waals surface area contributed by atoms with Crippen molar-refractivity contribution in [3.05, 3.63) is 11.6 Å². The number of rotatable bonds is 1. The van der Waals surface area contributed by atoms with Crippen LogP contribution in [0.3, 0.4) is 0 Å². The van der Waals surface area contributed by atoms with Gasteiger partial charge in [0.25, 0.3) is 11.8 Å². The highest BCUT2D eigenvalue weighted by molar-refractivity contribution is 7.99. The van der Waals surface area contributed by atoms with Gasteiger partial charge in [-0.3, -0.25) is 14.5 Å². The van der Waals surface area contributed by atoms with Crippen LogP contribution in [-0.2, 0) is 9.59 Å². The molecule has 0 saturated carbocycles. The van der Waals surface area contributed by atoms with E-state index < -0.39 is 0 Å². The molecule has 2 unspecified atom stereocenters. The molecule has 0 aliphatic carbocycles. The van der Waals surface area contributed by atoms with Crippen molar-refractivity contribution in [3.63, 3.8) is 0 Å². The summed E-state index contributed by atoms with van der Waals surface area (Å²) in [4.78, 5) is 24.7. The molecule has 2 amide bonds. The summed E-state index contributed by atoms with van der Waals surface area (Å²) in [5, 5.41) is 0. The minimum atomic E-state index is -0.133. The van der Waals surface area contributed by atoms with Crippen molar-refractivity contribution in [2.24, 2.45) is 5.92 Å². The Morgan fingerprint density at radius 1 is 1.43 bits per heavy atom. The third kappa shape index (κ3) is 1.38. The van der Waals surface area contributed by atoms with Crippen LogP contribution in [0.4, 0.5) is 0 Å². The van der Waals surface area contributed by atoms with Crippen LogP contribution in [0.1, 0.15) is 13.8 Å². The van der Waals surface area contributed by atoms with E-state index in [2.05, 4.69) is 6.92 Å². The third-order valence-electron chi connectivity index (χ3n) is 2.79. The molecule has 0 aromatic heterocycles. The number of carbonyl (C=O) groups is 2. The second-order valence-corrected chi connectivity index (χ2v) is 5.00. The first-order valence-electron chi connectivity index (χ1n) is 4.75. The summed E-state index contributed by atoms with van der Waals surface area (Å²) in [7, 11) is 0. The molecule has 0 aromatic carbocycles. The fraction of sp³-hybridized carbons (Fsp3) is 0.600. The van der Waals surface area contributed by atoms with Gasteiger partial charge in [0.1, 0.15) is 0 Å². The van der Waals surface area contributed by atoms with Gasteiger partial charge in [0, 0.05) is 17.4 Å². The average molecular weight is 211 g/mol. The molecule has 4 heteroatoms. The molecule has 0 N–H and O–H groups in total. The molecule has 2 atom stereocenters. The number of hydrogen-bond acceptors (Lipinski definition) is 3. The average Bonchev–Trinajstić information content (AvgIpc) is 2.60. The summed E-state index contributed by atoms with van der Waals surface area (Å²) in [5.74, 6) is 2.12. The highest BCUT2D eigenvalue weighted by Gasteiger charge is 2.39. The number of thioether (sulfide) groups is 1. The Bertz CT molecular complexity index is 324. The van der Waals surface area contributed by atoms with Crippen molar-refractivity contribution >= 4 is 23.6 Å². The third-order valence-corrected chi connectivity index (χ3v) is 4.13. The molecule has 2 aliphatic rings. The first-order valence-corrected chi connectivity index (χ1v) is 5.90. The predicted molar refractivity (Wildman–Crippen MR) is 55.9 cm³/mol. The Morgan fingerprint density at radius 2 is 2.14 bits per heavy atom. The van der Waals surface area contributed by atoms with Gasteiger partial charge in [-0.25, -0.2) is 0 Å². The van der Waals surface area contributed by atoms with Crippen LogP contribution in [0, 0.1) is 5.92 Å². The molecule has 2 aliphatic heterocycles. The Hall–Kier alpha value is -0.770. The van der Waals surface area contributed by atoms with Gasteiger partial charge in [-0.2, -0.15) is 11.8 Å². The number of nitrogens with zero attached hydrogens (tertiary/aromatic N) is 1. The second-order valence-electron chi connectivity index (χ2n) is 3.92. The summed E-state index contributed by atoms with van der Waals surface area (Å²) >= 11 is 1.81. The van der Waals surface area contributed by atoms with Crippen LogP contribution in [0.2, 0.25) is 0 Å². The zero-order valence-corrected chi connectivity index (χ0v) is 9.13. The molecule has 0 radical (unpaired) electrons.